The fourth-order valence-corrected chi connectivity index (χ4v) is 3.58. The summed E-state index contributed by atoms with van der Waals surface area (Å²) in [4.78, 5) is 13.7. The Balaban J connectivity index is 1.51. The molecule has 154 valence electrons. The fraction of sp³-hybridized carbons (Fsp3) is 0.130. The highest BCUT2D eigenvalue weighted by molar-refractivity contribution is 6.32. The number of fused-ring (bicyclic) bond motifs is 1. The molecule has 4 heterocycles. The number of rotatable bonds is 5. The Morgan fingerprint density at radius 2 is 1.84 bits per heavy atom. The van der Waals surface area contributed by atoms with Crippen LogP contribution in [0.5, 0.6) is 0 Å². The minimum absolute atomic E-state index is 0.0129. The fourth-order valence-electron chi connectivity index (χ4n) is 3.58. The highest BCUT2D eigenvalue weighted by atomic mass is 19.2. The van der Waals surface area contributed by atoms with Crippen LogP contribution < -0.4 is 0 Å². The van der Waals surface area contributed by atoms with Crippen LogP contribution in [0.4, 0.5) is 8.78 Å². The lowest BCUT2D eigenvalue weighted by Gasteiger charge is -2.09. The van der Waals surface area contributed by atoms with E-state index in [9.17, 15) is 8.78 Å². The van der Waals surface area contributed by atoms with Crippen molar-refractivity contribution >= 4 is 22.3 Å². The summed E-state index contributed by atoms with van der Waals surface area (Å²) in [5.41, 5.74) is 5.71. The maximum atomic E-state index is 13.7. The van der Waals surface area contributed by atoms with E-state index in [1.807, 2.05) is 30.5 Å². The molecule has 0 saturated carbocycles. The van der Waals surface area contributed by atoms with Crippen molar-refractivity contribution in [3.8, 4) is 11.1 Å². The molecule has 0 radical (unpaired) electrons. The average molecular weight is 417 g/mol. The van der Waals surface area contributed by atoms with Crippen LogP contribution in [0.15, 0.2) is 66.1 Å². The van der Waals surface area contributed by atoms with Crippen molar-refractivity contribution in [1.82, 2.24) is 19.7 Å². The summed E-state index contributed by atoms with van der Waals surface area (Å²) in [5, 5.41) is 13.3. The van der Waals surface area contributed by atoms with Gasteiger partial charge in [0.05, 0.1) is 48.3 Å². The molecule has 5 rings (SSSR count). The monoisotopic (exact) mass is 417 g/mol. The van der Waals surface area contributed by atoms with Gasteiger partial charge in [-0.25, -0.2) is 13.8 Å². The van der Waals surface area contributed by atoms with Crippen molar-refractivity contribution in [3.05, 3.63) is 84.0 Å². The minimum Gasteiger partial charge on any atom is -0.394 e. The zero-order chi connectivity index (χ0) is 21.4. The van der Waals surface area contributed by atoms with Crippen molar-refractivity contribution < 1.29 is 13.9 Å². The van der Waals surface area contributed by atoms with Gasteiger partial charge < -0.3 is 5.11 Å². The number of aliphatic hydroxyl groups excluding tert-OH is 1. The van der Waals surface area contributed by atoms with Crippen LogP contribution in [0, 0.1) is 11.6 Å². The number of allylic oxidation sites excluding steroid dienone is 1. The number of aliphatic imine (C=N–C) groups is 1. The Morgan fingerprint density at radius 1 is 0.935 bits per heavy atom. The van der Waals surface area contributed by atoms with Gasteiger partial charge in [-0.1, -0.05) is 6.08 Å². The molecule has 1 aliphatic rings. The molecular weight excluding hydrogens is 400 g/mol. The predicted molar refractivity (Wildman–Crippen MR) is 114 cm³/mol. The second-order valence-electron chi connectivity index (χ2n) is 7.11. The summed E-state index contributed by atoms with van der Waals surface area (Å²) >= 11 is 0. The zero-order valence-corrected chi connectivity index (χ0v) is 16.3. The van der Waals surface area contributed by atoms with E-state index in [1.165, 1.54) is 6.07 Å². The predicted octanol–water partition coefficient (Wildman–Crippen LogP) is 3.65. The number of hydrogen-bond donors (Lipinski definition) is 1. The molecule has 0 aliphatic carbocycles. The largest absolute Gasteiger partial charge is 0.394 e. The second-order valence-corrected chi connectivity index (χ2v) is 7.11. The first kappa shape index (κ1) is 19.2. The van der Waals surface area contributed by atoms with Crippen LogP contribution in [0.2, 0.25) is 0 Å². The molecule has 6 nitrogen and oxygen atoms in total. The Hall–Kier alpha value is -3.78. The Morgan fingerprint density at radius 3 is 2.68 bits per heavy atom. The number of nitrogens with zero attached hydrogens (tertiary/aromatic N) is 5. The summed E-state index contributed by atoms with van der Waals surface area (Å²) in [6, 6.07) is 9.42. The number of hydrogen-bond acceptors (Lipinski definition) is 5. The van der Waals surface area contributed by atoms with E-state index in [2.05, 4.69) is 15.1 Å². The van der Waals surface area contributed by atoms with Crippen LogP contribution in [-0.4, -0.2) is 43.7 Å². The van der Waals surface area contributed by atoms with E-state index in [0.717, 1.165) is 34.3 Å². The van der Waals surface area contributed by atoms with E-state index in [-0.39, 0.29) is 6.61 Å². The van der Waals surface area contributed by atoms with E-state index < -0.39 is 11.6 Å². The van der Waals surface area contributed by atoms with Gasteiger partial charge in [0.15, 0.2) is 11.6 Å². The summed E-state index contributed by atoms with van der Waals surface area (Å²) in [6.45, 7) is 0.883. The highest BCUT2D eigenvalue weighted by Gasteiger charge is 2.19. The number of benzene rings is 1. The van der Waals surface area contributed by atoms with Crippen LogP contribution in [0.25, 0.3) is 27.7 Å². The van der Waals surface area contributed by atoms with E-state index in [1.54, 1.807) is 17.1 Å². The third-order valence-electron chi connectivity index (χ3n) is 5.10. The molecule has 0 atom stereocenters. The summed E-state index contributed by atoms with van der Waals surface area (Å²) in [6.07, 6.45) is 7.24. The normalized spacial score (nSPS) is 13.5. The van der Waals surface area contributed by atoms with Gasteiger partial charge in [-0.3, -0.25) is 14.7 Å². The summed E-state index contributed by atoms with van der Waals surface area (Å²) in [7, 11) is 0. The molecule has 1 N–H and O–H groups in total. The van der Waals surface area contributed by atoms with Crippen molar-refractivity contribution in [2.75, 3.05) is 13.2 Å². The maximum absolute atomic E-state index is 13.7. The van der Waals surface area contributed by atoms with Crippen LogP contribution >= 0.6 is 0 Å². The van der Waals surface area contributed by atoms with E-state index in [0.29, 0.717) is 35.6 Å². The summed E-state index contributed by atoms with van der Waals surface area (Å²) < 4.78 is 28.7. The van der Waals surface area contributed by atoms with Gasteiger partial charge in [-0.05, 0) is 36.4 Å². The summed E-state index contributed by atoms with van der Waals surface area (Å²) in [5.74, 6) is -1.80. The van der Waals surface area contributed by atoms with Gasteiger partial charge in [-0.15, -0.1) is 0 Å². The lowest BCUT2D eigenvalue weighted by Crippen LogP contribution is -2.04. The SMILES string of the molecule is OCCn1cc(-c2cnc3ccc(C4=CCN=C4c4ccc(F)c(F)c4)nc3c2)cn1. The number of pyridine rings is 2. The van der Waals surface area contributed by atoms with Crippen LogP contribution in [-0.2, 0) is 6.54 Å². The third-order valence-corrected chi connectivity index (χ3v) is 5.10. The van der Waals surface area contributed by atoms with Crippen LogP contribution in [0.1, 0.15) is 11.3 Å². The molecule has 0 fully saturated rings. The lowest BCUT2D eigenvalue weighted by atomic mass is 10.00. The second kappa shape index (κ2) is 7.81. The maximum Gasteiger partial charge on any atom is 0.159 e. The van der Waals surface area contributed by atoms with Gasteiger partial charge in [0.25, 0.3) is 0 Å². The standard InChI is InChI=1S/C23H17F2N5O/c24-18-2-1-14(9-19(18)25)23-17(5-6-26-23)20-3-4-21-22(29-20)10-15(11-27-21)16-12-28-30(13-16)7-8-31/h1-5,9-13,31H,6-8H2. The molecule has 0 amide bonds. The average Bonchev–Trinajstić information content (AvgIpc) is 3.45. The first-order valence-corrected chi connectivity index (χ1v) is 9.73. The van der Waals surface area contributed by atoms with Gasteiger partial charge in [0.2, 0.25) is 0 Å². The quantitative estimate of drug-likeness (QED) is 0.538. The molecule has 3 aromatic heterocycles. The lowest BCUT2D eigenvalue weighted by molar-refractivity contribution is 0.269. The molecule has 0 saturated heterocycles. The Kier molecular flexibility index (Phi) is 4.83. The first-order valence-electron chi connectivity index (χ1n) is 9.73. The van der Waals surface area contributed by atoms with Gasteiger partial charge in [-0.2, -0.15) is 5.10 Å². The van der Waals surface area contributed by atoms with Crippen molar-refractivity contribution in [3.63, 3.8) is 0 Å². The molecule has 0 unspecified atom stereocenters. The molecule has 8 heteroatoms. The first-order chi connectivity index (χ1) is 15.1. The molecule has 31 heavy (non-hydrogen) atoms. The van der Waals surface area contributed by atoms with Gasteiger partial charge in [0.1, 0.15) is 0 Å². The number of aliphatic hydroxyl groups is 1. The third kappa shape index (κ3) is 3.62. The zero-order valence-electron chi connectivity index (χ0n) is 16.3. The minimum atomic E-state index is -0.909. The molecule has 1 aliphatic heterocycles. The van der Waals surface area contributed by atoms with Crippen molar-refractivity contribution in [1.29, 1.82) is 0 Å². The van der Waals surface area contributed by atoms with E-state index >= 15 is 0 Å². The smallest absolute Gasteiger partial charge is 0.159 e. The van der Waals surface area contributed by atoms with Crippen molar-refractivity contribution in [2.45, 2.75) is 6.54 Å². The number of halogens is 2. The van der Waals surface area contributed by atoms with Gasteiger partial charge >= 0.3 is 0 Å². The topological polar surface area (TPSA) is 76.2 Å². The number of aromatic nitrogens is 4. The molecular formula is C23H17F2N5O. The molecule has 4 aromatic rings. The highest BCUT2D eigenvalue weighted by Crippen LogP contribution is 2.27. The molecule has 0 bridgehead atoms. The molecule has 0 spiro atoms. The van der Waals surface area contributed by atoms with Crippen molar-refractivity contribution in [2.24, 2.45) is 4.99 Å². The van der Waals surface area contributed by atoms with E-state index in [4.69, 9.17) is 10.1 Å². The van der Waals surface area contributed by atoms with Gasteiger partial charge in [0, 0.05) is 34.7 Å². The molecule has 1 aromatic carbocycles. The van der Waals surface area contributed by atoms with Crippen LogP contribution in [0.3, 0.4) is 0 Å². The Bertz CT molecular complexity index is 1360. The Labute approximate surface area is 176 Å².